The number of hydrogen-bond acceptors (Lipinski definition) is 9. The molecule has 16 heteroatoms. The fourth-order valence-electron chi connectivity index (χ4n) is 3.17. The normalized spacial score (nSPS) is 14.4. The lowest BCUT2D eigenvalue weighted by Gasteiger charge is -2.10. The molecular formula is C20H16Cl3N7O5S. The van der Waals surface area contributed by atoms with Crippen molar-refractivity contribution >= 4 is 81.3 Å². The fourth-order valence-corrected chi connectivity index (χ4v) is 4.47. The minimum atomic E-state index is -1.11. The van der Waals surface area contributed by atoms with Gasteiger partial charge in [-0.25, -0.2) is 9.97 Å². The number of ketones is 1. The van der Waals surface area contributed by atoms with Gasteiger partial charge in [-0.15, -0.1) is 11.3 Å². The number of nitrogens with two attached hydrogens (primary N) is 3. The van der Waals surface area contributed by atoms with Gasteiger partial charge in [0.25, 0.3) is 11.8 Å². The first-order valence-electron chi connectivity index (χ1n) is 9.60. The molecule has 2 amide bonds. The van der Waals surface area contributed by atoms with Crippen LogP contribution < -0.4 is 27.3 Å². The van der Waals surface area contributed by atoms with Gasteiger partial charge in [-0.2, -0.15) is 4.99 Å². The maximum Gasteiger partial charge on any atom is 0.290 e. The van der Waals surface area contributed by atoms with E-state index in [1.807, 2.05) is 0 Å². The number of thiophene rings is 1. The summed E-state index contributed by atoms with van der Waals surface area (Å²) in [5.74, 6) is -2.87. The van der Waals surface area contributed by atoms with Crippen molar-refractivity contribution in [2.24, 2.45) is 10.7 Å². The molecule has 4 rings (SSSR count). The van der Waals surface area contributed by atoms with Crippen LogP contribution in [0, 0.1) is 0 Å². The van der Waals surface area contributed by atoms with Crippen LogP contribution in [-0.4, -0.2) is 45.1 Å². The smallest absolute Gasteiger partial charge is 0.290 e. The molecule has 1 unspecified atom stereocenters. The molecule has 0 radical (unpaired) electrons. The van der Waals surface area contributed by atoms with Gasteiger partial charge < -0.3 is 27.4 Å². The summed E-state index contributed by atoms with van der Waals surface area (Å²) in [6.45, 7) is 0. The zero-order valence-electron chi connectivity index (χ0n) is 17.8. The van der Waals surface area contributed by atoms with Crippen LogP contribution in [0.5, 0.6) is 5.75 Å². The van der Waals surface area contributed by atoms with Crippen molar-refractivity contribution in [3.05, 3.63) is 60.5 Å². The molecule has 1 aliphatic rings. The van der Waals surface area contributed by atoms with Crippen LogP contribution in [0.3, 0.4) is 0 Å². The molecule has 0 fully saturated rings. The van der Waals surface area contributed by atoms with E-state index >= 15 is 0 Å². The molecule has 3 aromatic rings. The third kappa shape index (κ3) is 5.20. The molecule has 1 atom stereocenters. The van der Waals surface area contributed by atoms with Gasteiger partial charge in [-0.05, 0) is 17.5 Å². The SMILES string of the molecule is NC(=NC(=O)C1Cc2cc(C(=O)c3cccs3)c(Cl)c(Cl)c2O1)NC(=O)c1nc(Cl)c(N)nc1N.O. The molecule has 0 aliphatic carbocycles. The number of nitrogen functional groups attached to an aromatic ring is 2. The molecule has 12 nitrogen and oxygen atoms in total. The number of guanidine groups is 1. The van der Waals surface area contributed by atoms with E-state index < -0.39 is 23.9 Å². The number of rotatable bonds is 4. The van der Waals surface area contributed by atoms with E-state index in [9.17, 15) is 14.4 Å². The lowest BCUT2D eigenvalue weighted by molar-refractivity contribution is -0.123. The summed E-state index contributed by atoms with van der Waals surface area (Å²) in [7, 11) is 0. The molecule has 0 saturated heterocycles. The van der Waals surface area contributed by atoms with Crippen LogP contribution in [-0.2, 0) is 11.2 Å². The second-order valence-electron chi connectivity index (χ2n) is 7.08. The number of carbonyl (C=O) groups excluding carboxylic acids is 3. The number of anilines is 2. The first-order valence-corrected chi connectivity index (χ1v) is 11.6. The summed E-state index contributed by atoms with van der Waals surface area (Å²) in [6.07, 6.45) is -1.07. The maximum atomic E-state index is 12.8. The van der Waals surface area contributed by atoms with E-state index in [1.165, 1.54) is 17.4 Å². The Balaban J connectivity index is 0.00000361. The van der Waals surface area contributed by atoms with Crippen molar-refractivity contribution in [1.82, 2.24) is 15.3 Å². The summed E-state index contributed by atoms with van der Waals surface area (Å²) in [5, 5.41) is 3.69. The number of aromatic nitrogens is 2. The third-order valence-corrected chi connectivity index (χ3v) is 6.76. The number of fused-ring (bicyclic) bond motifs is 1. The number of ether oxygens (including phenoxy) is 1. The topological polar surface area (TPSA) is 220 Å². The number of halogens is 3. The minimum absolute atomic E-state index is 0. The van der Waals surface area contributed by atoms with E-state index in [-0.39, 0.29) is 61.5 Å². The lowest BCUT2D eigenvalue weighted by atomic mass is 10.0. The Morgan fingerprint density at radius 1 is 1.14 bits per heavy atom. The molecule has 1 aliphatic heterocycles. The largest absolute Gasteiger partial charge is 0.478 e. The molecule has 188 valence electrons. The average Bonchev–Trinajstić information content (AvgIpc) is 3.48. The number of amides is 2. The van der Waals surface area contributed by atoms with Crippen LogP contribution >= 0.6 is 46.1 Å². The Morgan fingerprint density at radius 3 is 2.53 bits per heavy atom. The average molecular weight is 573 g/mol. The second kappa shape index (κ2) is 10.6. The summed E-state index contributed by atoms with van der Waals surface area (Å²) in [4.78, 5) is 49.3. The van der Waals surface area contributed by atoms with Crippen molar-refractivity contribution < 1.29 is 24.6 Å². The molecule has 2 aromatic heterocycles. The van der Waals surface area contributed by atoms with Crippen LogP contribution in [0.15, 0.2) is 28.6 Å². The molecule has 0 bridgehead atoms. The van der Waals surface area contributed by atoms with Crippen molar-refractivity contribution in [3.8, 4) is 5.75 Å². The highest BCUT2D eigenvalue weighted by Gasteiger charge is 2.34. The highest BCUT2D eigenvalue weighted by atomic mass is 35.5. The number of hydrogen-bond donors (Lipinski definition) is 4. The Morgan fingerprint density at radius 2 is 1.86 bits per heavy atom. The van der Waals surface area contributed by atoms with E-state index in [2.05, 4.69) is 20.3 Å². The van der Waals surface area contributed by atoms with Crippen molar-refractivity contribution in [3.63, 3.8) is 0 Å². The lowest BCUT2D eigenvalue weighted by Crippen LogP contribution is -2.39. The van der Waals surface area contributed by atoms with E-state index in [4.69, 9.17) is 56.7 Å². The van der Waals surface area contributed by atoms with Crippen molar-refractivity contribution in [2.45, 2.75) is 12.5 Å². The van der Waals surface area contributed by atoms with Gasteiger partial charge in [0, 0.05) is 17.5 Å². The predicted octanol–water partition coefficient (Wildman–Crippen LogP) is 1.64. The Bertz CT molecular complexity index is 1420. The number of nitrogens with one attached hydrogen (secondary N) is 1. The number of benzene rings is 1. The Labute approximate surface area is 221 Å². The van der Waals surface area contributed by atoms with Gasteiger partial charge in [0.2, 0.25) is 11.7 Å². The van der Waals surface area contributed by atoms with Gasteiger partial charge in [0.15, 0.2) is 28.6 Å². The van der Waals surface area contributed by atoms with E-state index in [1.54, 1.807) is 17.5 Å². The monoisotopic (exact) mass is 571 g/mol. The van der Waals surface area contributed by atoms with Gasteiger partial charge >= 0.3 is 0 Å². The fraction of sp³-hybridized carbons (Fsp3) is 0.100. The zero-order chi connectivity index (χ0) is 25.4. The van der Waals surface area contributed by atoms with Gasteiger partial charge in [-0.1, -0.05) is 40.9 Å². The van der Waals surface area contributed by atoms with Gasteiger partial charge in [-0.3, -0.25) is 19.7 Å². The van der Waals surface area contributed by atoms with Crippen LogP contribution in [0.25, 0.3) is 0 Å². The highest BCUT2D eigenvalue weighted by Crippen LogP contribution is 2.43. The summed E-state index contributed by atoms with van der Waals surface area (Å²) >= 11 is 19.6. The van der Waals surface area contributed by atoms with Gasteiger partial charge in [0.05, 0.1) is 9.90 Å². The first kappa shape index (κ1) is 27.1. The van der Waals surface area contributed by atoms with Crippen molar-refractivity contribution in [1.29, 1.82) is 0 Å². The Kier molecular flexibility index (Phi) is 8.01. The Hall–Kier alpha value is -3.49. The molecule has 9 N–H and O–H groups in total. The summed E-state index contributed by atoms with van der Waals surface area (Å²) in [5.41, 5.74) is 17.1. The van der Waals surface area contributed by atoms with E-state index in [0.717, 1.165) is 0 Å². The van der Waals surface area contributed by atoms with E-state index in [0.29, 0.717) is 10.4 Å². The van der Waals surface area contributed by atoms with Crippen molar-refractivity contribution in [2.75, 3.05) is 11.5 Å². The highest BCUT2D eigenvalue weighted by molar-refractivity contribution is 7.12. The quantitative estimate of drug-likeness (QED) is 0.202. The molecule has 1 aromatic carbocycles. The third-order valence-electron chi connectivity index (χ3n) is 4.76. The molecule has 3 heterocycles. The number of aliphatic imine (C=N–C) groups is 1. The molecule has 0 saturated carbocycles. The predicted molar refractivity (Wildman–Crippen MR) is 136 cm³/mol. The van der Waals surface area contributed by atoms with Gasteiger partial charge in [0.1, 0.15) is 10.8 Å². The van der Waals surface area contributed by atoms with Crippen LogP contribution in [0.1, 0.15) is 31.3 Å². The second-order valence-corrected chi connectivity index (χ2v) is 9.14. The standard InChI is InChI=1S/C20H14Cl3N7O4S.H2O/c21-10-7(13(31)9-2-1-3-35-9)4-6-5-8(34-14(6)11(10)22)18(32)29-20(26)30-19(33)12-16(24)28-17(25)15(23)27-12;/h1-4,8H,5H2,(H4,24,25,28)(H3,26,29,30,32,33);1H2. The molecule has 36 heavy (non-hydrogen) atoms. The maximum absolute atomic E-state index is 12.8. The van der Waals surface area contributed by atoms with Crippen LogP contribution in [0.2, 0.25) is 15.2 Å². The van der Waals surface area contributed by atoms with Crippen LogP contribution in [0.4, 0.5) is 11.6 Å². The summed E-state index contributed by atoms with van der Waals surface area (Å²) in [6, 6.07) is 4.93. The summed E-state index contributed by atoms with van der Waals surface area (Å²) < 4.78 is 5.62. The minimum Gasteiger partial charge on any atom is -0.478 e. The first-order chi connectivity index (χ1) is 16.6. The number of nitrogens with zero attached hydrogens (tertiary/aromatic N) is 3. The molecule has 0 spiro atoms. The number of carbonyl (C=O) groups is 3. The zero-order valence-corrected chi connectivity index (χ0v) is 20.9. The molecular weight excluding hydrogens is 557 g/mol.